The van der Waals surface area contributed by atoms with Gasteiger partial charge in [-0.05, 0) is 38.5 Å². The van der Waals surface area contributed by atoms with Crippen LogP contribution in [0.2, 0.25) is 5.02 Å². The van der Waals surface area contributed by atoms with Crippen LogP contribution in [0.5, 0.6) is 5.88 Å². The number of hydrogen-bond donors (Lipinski definition) is 0. The van der Waals surface area contributed by atoms with Crippen molar-refractivity contribution in [2.24, 2.45) is 0 Å². The molecule has 6 nitrogen and oxygen atoms in total. The molecule has 0 radical (unpaired) electrons. The van der Waals surface area contributed by atoms with Gasteiger partial charge in [-0.15, -0.1) is 0 Å². The van der Waals surface area contributed by atoms with E-state index in [9.17, 15) is 13.6 Å². The predicted molar refractivity (Wildman–Crippen MR) is 108 cm³/mol. The van der Waals surface area contributed by atoms with Crippen LogP contribution in [0.4, 0.5) is 13.6 Å². The summed E-state index contributed by atoms with van der Waals surface area (Å²) in [4.78, 5) is 21.8. The highest BCUT2D eigenvalue weighted by atomic mass is 35.5. The first kappa shape index (κ1) is 22.2. The Kier molecular flexibility index (Phi) is 6.75. The lowest BCUT2D eigenvalue weighted by Gasteiger charge is -2.33. The fourth-order valence-corrected chi connectivity index (χ4v) is 3.19. The first-order valence-electron chi connectivity index (χ1n) is 9.70. The number of ether oxygens (including phenoxy) is 2. The maximum atomic E-state index is 14.2. The third kappa shape index (κ3) is 6.01. The topological polar surface area (TPSA) is 64.5 Å². The van der Waals surface area contributed by atoms with Crippen molar-refractivity contribution in [3.63, 3.8) is 0 Å². The van der Waals surface area contributed by atoms with E-state index in [1.165, 1.54) is 12.1 Å². The minimum atomic E-state index is -0.690. The Morgan fingerprint density at radius 1 is 1.23 bits per heavy atom. The second-order valence-electron chi connectivity index (χ2n) is 8.14. The Hall–Kier alpha value is -2.48. The third-order valence-electron chi connectivity index (χ3n) is 4.50. The van der Waals surface area contributed by atoms with E-state index < -0.39 is 17.2 Å². The molecule has 2 aromatic rings. The van der Waals surface area contributed by atoms with Gasteiger partial charge in [-0.25, -0.2) is 14.2 Å². The Balaban J connectivity index is 1.61. The summed E-state index contributed by atoms with van der Waals surface area (Å²) in [5.74, 6) is -1.11. The van der Waals surface area contributed by atoms with Gasteiger partial charge in [0.15, 0.2) is 0 Å². The van der Waals surface area contributed by atoms with Gasteiger partial charge in [0, 0.05) is 37.4 Å². The van der Waals surface area contributed by atoms with Crippen molar-refractivity contribution in [3.8, 4) is 5.88 Å². The summed E-state index contributed by atoms with van der Waals surface area (Å²) >= 11 is 5.76. The third-order valence-corrected chi connectivity index (χ3v) is 4.73. The summed E-state index contributed by atoms with van der Waals surface area (Å²) in [7, 11) is 0. The molecule has 0 bridgehead atoms. The summed E-state index contributed by atoms with van der Waals surface area (Å²) < 4.78 is 39.3. The number of aromatic nitrogens is 2. The zero-order valence-corrected chi connectivity index (χ0v) is 17.9. The molecular formula is C21H24ClF2N3O3. The van der Waals surface area contributed by atoms with Gasteiger partial charge in [0.1, 0.15) is 23.3 Å². The van der Waals surface area contributed by atoms with Crippen molar-refractivity contribution in [3.05, 3.63) is 52.4 Å². The molecule has 0 aliphatic carbocycles. The number of carbonyl (C=O) groups excluding carboxylic acids is 1. The van der Waals surface area contributed by atoms with Crippen LogP contribution in [0.1, 0.15) is 45.0 Å². The van der Waals surface area contributed by atoms with Crippen molar-refractivity contribution < 1.29 is 23.0 Å². The molecule has 2 heterocycles. The van der Waals surface area contributed by atoms with Gasteiger partial charge < -0.3 is 14.4 Å². The van der Waals surface area contributed by atoms with E-state index in [1.54, 1.807) is 11.0 Å². The van der Waals surface area contributed by atoms with Gasteiger partial charge >= 0.3 is 6.09 Å². The molecule has 1 aromatic carbocycles. The molecule has 30 heavy (non-hydrogen) atoms. The summed E-state index contributed by atoms with van der Waals surface area (Å²) in [5, 5.41) is 0.290. The maximum Gasteiger partial charge on any atom is 0.410 e. The van der Waals surface area contributed by atoms with Gasteiger partial charge in [-0.2, -0.15) is 9.37 Å². The maximum absolute atomic E-state index is 14.2. The van der Waals surface area contributed by atoms with Crippen molar-refractivity contribution in [1.29, 1.82) is 0 Å². The van der Waals surface area contributed by atoms with E-state index >= 15 is 0 Å². The second kappa shape index (κ2) is 9.12. The van der Waals surface area contributed by atoms with Crippen molar-refractivity contribution in [2.45, 2.75) is 51.7 Å². The predicted octanol–water partition coefficient (Wildman–Crippen LogP) is 4.78. The summed E-state index contributed by atoms with van der Waals surface area (Å²) in [6.07, 6.45) is 1.46. The van der Waals surface area contributed by atoms with Crippen molar-refractivity contribution in [2.75, 3.05) is 13.1 Å². The van der Waals surface area contributed by atoms with Crippen LogP contribution in [0, 0.1) is 11.6 Å². The number of nitrogens with zero attached hydrogens (tertiary/aromatic N) is 3. The number of amides is 1. The first-order chi connectivity index (χ1) is 14.1. The van der Waals surface area contributed by atoms with E-state index in [4.69, 9.17) is 21.1 Å². The molecule has 0 spiro atoms. The quantitative estimate of drug-likeness (QED) is 0.686. The Bertz CT molecular complexity index is 913. The lowest BCUT2D eigenvalue weighted by atomic mass is 10.1. The van der Waals surface area contributed by atoms with Crippen LogP contribution < -0.4 is 4.74 Å². The molecule has 0 saturated carbocycles. The van der Waals surface area contributed by atoms with Gasteiger partial charge in [-0.1, -0.05) is 17.7 Å². The minimum Gasteiger partial charge on any atom is -0.472 e. The smallest absolute Gasteiger partial charge is 0.410 e. The Morgan fingerprint density at radius 2 is 1.93 bits per heavy atom. The largest absolute Gasteiger partial charge is 0.472 e. The summed E-state index contributed by atoms with van der Waals surface area (Å²) in [5.41, 5.74) is -0.211. The number of likely N-dealkylation sites (tertiary alicyclic amines) is 1. The van der Waals surface area contributed by atoms with Crippen molar-refractivity contribution >= 4 is 17.7 Å². The molecule has 1 aliphatic rings. The summed E-state index contributed by atoms with van der Waals surface area (Å²) in [6, 6.07) is 4.31. The standard InChI is InChI=1S/C21H24ClF2N3O3/c1-21(2,3)30-20(28)27-8-6-15(7-9-27)29-19-17(24)12-25-18(26-19)10-13-4-5-14(22)11-16(13)23/h4-5,11-12,15H,6-10H2,1-3H3. The van der Waals surface area contributed by atoms with Crippen LogP contribution in [-0.4, -0.2) is 45.8 Å². The average Bonchev–Trinajstić information content (AvgIpc) is 2.66. The van der Waals surface area contributed by atoms with E-state index in [2.05, 4.69) is 9.97 Å². The highest BCUT2D eigenvalue weighted by molar-refractivity contribution is 6.30. The normalized spacial score (nSPS) is 15.2. The van der Waals surface area contributed by atoms with Crippen LogP contribution >= 0.6 is 11.6 Å². The lowest BCUT2D eigenvalue weighted by Crippen LogP contribution is -2.44. The van der Waals surface area contributed by atoms with E-state index in [1.807, 2.05) is 20.8 Å². The molecule has 3 rings (SSSR count). The number of hydrogen-bond acceptors (Lipinski definition) is 5. The van der Waals surface area contributed by atoms with E-state index in [0.717, 1.165) is 6.20 Å². The first-order valence-corrected chi connectivity index (χ1v) is 10.1. The molecular weight excluding hydrogens is 416 g/mol. The average molecular weight is 440 g/mol. The molecule has 162 valence electrons. The molecule has 1 aromatic heterocycles. The number of halogens is 3. The van der Waals surface area contributed by atoms with Gasteiger partial charge in [0.2, 0.25) is 5.82 Å². The SMILES string of the molecule is CC(C)(C)OC(=O)N1CCC(Oc2nc(Cc3ccc(Cl)cc3F)ncc2F)CC1. The minimum absolute atomic E-state index is 0.0801. The molecule has 1 fully saturated rings. The number of rotatable bonds is 4. The fourth-order valence-electron chi connectivity index (χ4n) is 3.03. The monoisotopic (exact) mass is 439 g/mol. The second-order valence-corrected chi connectivity index (χ2v) is 8.57. The number of piperidine rings is 1. The number of carbonyl (C=O) groups is 1. The fraction of sp³-hybridized carbons (Fsp3) is 0.476. The molecule has 0 N–H and O–H groups in total. The van der Waals surface area contributed by atoms with Gasteiger partial charge in [0.25, 0.3) is 5.88 Å². The zero-order valence-electron chi connectivity index (χ0n) is 17.1. The van der Waals surface area contributed by atoms with Crippen LogP contribution in [-0.2, 0) is 11.2 Å². The van der Waals surface area contributed by atoms with Gasteiger partial charge in [0.05, 0.1) is 6.20 Å². The number of benzene rings is 1. The van der Waals surface area contributed by atoms with Gasteiger partial charge in [-0.3, -0.25) is 0 Å². The van der Waals surface area contributed by atoms with Crippen LogP contribution in [0.3, 0.4) is 0 Å². The lowest BCUT2D eigenvalue weighted by molar-refractivity contribution is 0.0119. The molecule has 1 saturated heterocycles. The van der Waals surface area contributed by atoms with Crippen molar-refractivity contribution in [1.82, 2.24) is 14.9 Å². The molecule has 1 amide bonds. The van der Waals surface area contributed by atoms with Crippen LogP contribution in [0.25, 0.3) is 0 Å². The van der Waals surface area contributed by atoms with E-state index in [0.29, 0.717) is 31.5 Å². The Morgan fingerprint density at radius 3 is 2.57 bits per heavy atom. The van der Waals surface area contributed by atoms with E-state index in [-0.39, 0.29) is 35.3 Å². The molecule has 1 aliphatic heterocycles. The Labute approximate surface area is 179 Å². The molecule has 0 atom stereocenters. The van der Waals surface area contributed by atoms with Crippen LogP contribution in [0.15, 0.2) is 24.4 Å². The summed E-state index contributed by atoms with van der Waals surface area (Å²) in [6.45, 7) is 6.31. The molecule has 9 heteroatoms. The highest BCUT2D eigenvalue weighted by Gasteiger charge is 2.28. The zero-order chi connectivity index (χ0) is 21.9. The molecule has 0 unspecified atom stereocenters. The highest BCUT2D eigenvalue weighted by Crippen LogP contribution is 2.23.